The fourth-order valence-corrected chi connectivity index (χ4v) is 4.31. The lowest BCUT2D eigenvalue weighted by atomic mass is 10.2. The van der Waals surface area contributed by atoms with E-state index in [0.29, 0.717) is 24.1 Å². The molecule has 9 nitrogen and oxygen atoms in total. The summed E-state index contributed by atoms with van der Waals surface area (Å²) in [6.07, 6.45) is 0. The molecule has 2 aromatic carbocycles. The van der Waals surface area contributed by atoms with E-state index < -0.39 is 4.92 Å². The highest BCUT2D eigenvalue weighted by Crippen LogP contribution is 2.25. The lowest BCUT2D eigenvalue weighted by molar-refractivity contribution is -0.384. The number of thioether (sulfide) groups is 1. The molecule has 0 bridgehead atoms. The number of hydrogen-bond donors (Lipinski definition) is 0. The number of rotatable bonds is 6. The lowest BCUT2D eigenvalue weighted by Gasteiger charge is -2.36. The Kier molecular flexibility index (Phi) is 6.17. The number of carbonyl (C=O) groups excluding carboxylic acids is 1. The van der Waals surface area contributed by atoms with Crippen molar-refractivity contribution in [2.45, 2.75) is 5.16 Å². The Morgan fingerprint density at radius 1 is 1.03 bits per heavy atom. The van der Waals surface area contributed by atoms with Gasteiger partial charge in [-0.3, -0.25) is 14.9 Å². The van der Waals surface area contributed by atoms with E-state index in [2.05, 4.69) is 27.2 Å². The molecule has 1 aliphatic heterocycles. The molecular weight excluding hydrogens is 416 g/mol. The maximum Gasteiger partial charge on any atom is 0.269 e. The molecule has 0 spiro atoms. The molecule has 0 atom stereocenters. The molecule has 1 aromatic heterocycles. The SMILES string of the molecule is Cn1c(SCC(=O)N2CCN(c3ccccc3)CC2)nnc1-c1ccc([N+](=O)[O-])cc1. The summed E-state index contributed by atoms with van der Waals surface area (Å²) < 4.78 is 1.80. The molecule has 0 N–H and O–H groups in total. The van der Waals surface area contributed by atoms with E-state index in [4.69, 9.17) is 0 Å². The number of carbonyl (C=O) groups is 1. The Morgan fingerprint density at radius 2 is 1.71 bits per heavy atom. The number of piperazine rings is 1. The van der Waals surface area contributed by atoms with Crippen molar-refractivity contribution in [1.82, 2.24) is 19.7 Å². The summed E-state index contributed by atoms with van der Waals surface area (Å²) in [5, 5.41) is 19.8. The molecule has 3 aromatic rings. The number of nitro benzene ring substituents is 1. The number of nitrogens with zero attached hydrogens (tertiary/aromatic N) is 6. The fraction of sp³-hybridized carbons (Fsp3) is 0.286. The largest absolute Gasteiger partial charge is 0.368 e. The predicted molar refractivity (Wildman–Crippen MR) is 119 cm³/mol. The number of benzene rings is 2. The van der Waals surface area contributed by atoms with Crippen LogP contribution in [-0.2, 0) is 11.8 Å². The predicted octanol–water partition coefficient (Wildman–Crippen LogP) is 2.83. The summed E-state index contributed by atoms with van der Waals surface area (Å²) in [6.45, 7) is 3.02. The van der Waals surface area contributed by atoms with Crippen LogP contribution in [-0.4, -0.2) is 62.4 Å². The third-order valence-corrected chi connectivity index (χ3v) is 6.25. The lowest BCUT2D eigenvalue weighted by Crippen LogP contribution is -2.49. The van der Waals surface area contributed by atoms with Gasteiger partial charge in [0.25, 0.3) is 5.69 Å². The van der Waals surface area contributed by atoms with Gasteiger partial charge in [-0.15, -0.1) is 10.2 Å². The highest BCUT2D eigenvalue weighted by Gasteiger charge is 2.22. The van der Waals surface area contributed by atoms with Crippen LogP contribution < -0.4 is 4.90 Å². The third kappa shape index (κ3) is 4.69. The Labute approximate surface area is 183 Å². The summed E-state index contributed by atoms with van der Waals surface area (Å²) in [7, 11) is 1.82. The van der Waals surface area contributed by atoms with Crippen LogP contribution in [0.4, 0.5) is 11.4 Å². The highest BCUT2D eigenvalue weighted by atomic mass is 32.2. The van der Waals surface area contributed by atoms with Crippen LogP contribution >= 0.6 is 11.8 Å². The molecule has 1 amide bonds. The molecule has 0 saturated carbocycles. The first-order valence-electron chi connectivity index (χ1n) is 9.88. The minimum atomic E-state index is -0.437. The molecule has 10 heteroatoms. The maximum absolute atomic E-state index is 12.7. The summed E-state index contributed by atoms with van der Waals surface area (Å²) in [5.41, 5.74) is 1.94. The molecular formula is C21H22N6O3S. The van der Waals surface area contributed by atoms with Gasteiger partial charge in [-0.05, 0) is 24.3 Å². The zero-order chi connectivity index (χ0) is 21.8. The molecule has 0 aliphatic carbocycles. The molecule has 1 aliphatic rings. The van der Waals surface area contributed by atoms with Gasteiger partial charge in [0.1, 0.15) is 0 Å². The number of hydrogen-bond acceptors (Lipinski definition) is 7. The minimum absolute atomic E-state index is 0.0264. The summed E-state index contributed by atoms with van der Waals surface area (Å²) in [5.74, 6) is 0.969. The smallest absolute Gasteiger partial charge is 0.269 e. The highest BCUT2D eigenvalue weighted by molar-refractivity contribution is 7.99. The maximum atomic E-state index is 12.7. The Morgan fingerprint density at radius 3 is 2.35 bits per heavy atom. The molecule has 0 unspecified atom stereocenters. The van der Waals surface area contributed by atoms with Gasteiger partial charge in [-0.2, -0.15) is 0 Å². The van der Waals surface area contributed by atoms with Crippen LogP contribution in [0.25, 0.3) is 11.4 Å². The Balaban J connectivity index is 1.32. The van der Waals surface area contributed by atoms with Crippen molar-refractivity contribution in [1.29, 1.82) is 0 Å². The van der Waals surface area contributed by atoms with E-state index in [-0.39, 0.29) is 17.3 Å². The molecule has 1 fully saturated rings. The number of aromatic nitrogens is 3. The first kappa shape index (κ1) is 20.9. The van der Waals surface area contributed by atoms with Crippen LogP contribution in [0.2, 0.25) is 0 Å². The fourth-order valence-electron chi connectivity index (χ4n) is 3.49. The quantitative estimate of drug-likeness (QED) is 0.332. The van der Waals surface area contributed by atoms with Gasteiger partial charge in [0.05, 0.1) is 10.7 Å². The molecule has 160 valence electrons. The minimum Gasteiger partial charge on any atom is -0.368 e. The number of non-ortho nitro benzene ring substituents is 1. The van der Waals surface area contributed by atoms with Crippen molar-refractivity contribution in [3.05, 3.63) is 64.7 Å². The molecule has 31 heavy (non-hydrogen) atoms. The Hall–Kier alpha value is -3.40. The monoisotopic (exact) mass is 438 g/mol. The van der Waals surface area contributed by atoms with Gasteiger partial charge < -0.3 is 14.4 Å². The van der Waals surface area contributed by atoms with Crippen molar-refractivity contribution in [3.63, 3.8) is 0 Å². The molecule has 0 radical (unpaired) electrons. The average molecular weight is 439 g/mol. The molecule has 2 heterocycles. The first-order valence-corrected chi connectivity index (χ1v) is 10.9. The number of nitro groups is 1. The van der Waals surface area contributed by atoms with Gasteiger partial charge in [0.2, 0.25) is 5.91 Å². The van der Waals surface area contributed by atoms with E-state index >= 15 is 0 Å². The topological polar surface area (TPSA) is 97.4 Å². The van der Waals surface area contributed by atoms with E-state index in [1.807, 2.05) is 30.1 Å². The van der Waals surface area contributed by atoms with Crippen LogP contribution in [0, 0.1) is 10.1 Å². The van der Waals surface area contributed by atoms with Crippen molar-refractivity contribution >= 4 is 29.0 Å². The van der Waals surface area contributed by atoms with Crippen molar-refractivity contribution in [3.8, 4) is 11.4 Å². The van der Waals surface area contributed by atoms with E-state index in [9.17, 15) is 14.9 Å². The normalized spacial score (nSPS) is 14.0. The number of para-hydroxylation sites is 1. The van der Waals surface area contributed by atoms with Gasteiger partial charge in [0, 0.05) is 56.6 Å². The Bertz CT molecular complexity index is 1060. The second-order valence-electron chi connectivity index (χ2n) is 7.16. The van der Waals surface area contributed by atoms with Crippen molar-refractivity contribution < 1.29 is 9.72 Å². The average Bonchev–Trinajstić information content (AvgIpc) is 3.18. The van der Waals surface area contributed by atoms with Crippen LogP contribution in [0.3, 0.4) is 0 Å². The second-order valence-corrected chi connectivity index (χ2v) is 8.10. The van der Waals surface area contributed by atoms with E-state index in [1.54, 1.807) is 16.7 Å². The summed E-state index contributed by atoms with van der Waals surface area (Å²) >= 11 is 1.35. The zero-order valence-electron chi connectivity index (χ0n) is 17.0. The van der Waals surface area contributed by atoms with Gasteiger partial charge >= 0.3 is 0 Å². The van der Waals surface area contributed by atoms with E-state index in [1.165, 1.54) is 29.6 Å². The van der Waals surface area contributed by atoms with Gasteiger partial charge in [-0.1, -0.05) is 30.0 Å². The van der Waals surface area contributed by atoms with Crippen LogP contribution in [0.15, 0.2) is 59.8 Å². The van der Waals surface area contributed by atoms with Gasteiger partial charge in [0.15, 0.2) is 11.0 Å². The summed E-state index contributed by atoms with van der Waals surface area (Å²) in [6, 6.07) is 16.4. The molecule has 1 saturated heterocycles. The summed E-state index contributed by atoms with van der Waals surface area (Å²) in [4.78, 5) is 27.2. The van der Waals surface area contributed by atoms with Crippen molar-refractivity contribution in [2.75, 3.05) is 36.8 Å². The second kappa shape index (κ2) is 9.17. The molecule has 4 rings (SSSR count). The van der Waals surface area contributed by atoms with Crippen molar-refractivity contribution in [2.24, 2.45) is 7.05 Å². The third-order valence-electron chi connectivity index (χ3n) is 5.25. The van der Waals surface area contributed by atoms with Gasteiger partial charge in [-0.25, -0.2) is 0 Å². The van der Waals surface area contributed by atoms with E-state index in [0.717, 1.165) is 18.7 Å². The van der Waals surface area contributed by atoms with Crippen LogP contribution in [0.5, 0.6) is 0 Å². The standard InChI is InChI=1S/C21H22N6O3S/c1-24-20(16-7-9-18(10-8-16)27(29)30)22-23-21(24)31-15-19(28)26-13-11-25(12-14-26)17-5-3-2-4-6-17/h2-10H,11-15H2,1H3. The number of anilines is 1. The first-order chi connectivity index (χ1) is 15.0. The van der Waals surface area contributed by atoms with Crippen LogP contribution in [0.1, 0.15) is 0 Å². The number of amides is 1. The zero-order valence-corrected chi connectivity index (χ0v) is 17.9.